The highest BCUT2D eigenvalue weighted by atomic mass is 32.1. The molecule has 5 heteroatoms. The molecule has 0 bridgehead atoms. The van der Waals surface area contributed by atoms with E-state index in [0.29, 0.717) is 5.13 Å². The van der Waals surface area contributed by atoms with Crippen molar-refractivity contribution in [2.75, 3.05) is 5.32 Å². The third-order valence-electron chi connectivity index (χ3n) is 1.24. The van der Waals surface area contributed by atoms with Crippen molar-refractivity contribution in [3.8, 4) is 0 Å². The fraction of sp³-hybridized carbons (Fsp3) is 0.333. The topological polar surface area (TPSA) is 62.2 Å². The Balaban J connectivity index is 2.81. The van der Waals surface area contributed by atoms with Crippen molar-refractivity contribution in [3.63, 3.8) is 0 Å². The molecular weight excluding hydrogens is 164 g/mol. The number of nitrogens with zero attached hydrogens (tertiary/aromatic N) is 1. The van der Waals surface area contributed by atoms with Gasteiger partial charge in [-0.3, -0.25) is 5.32 Å². The molecular formula is C6H8N2O2S. The summed E-state index contributed by atoms with van der Waals surface area (Å²) >= 11 is 1.34. The zero-order valence-electron chi connectivity index (χ0n) is 6.21. The number of hydrogen-bond acceptors (Lipinski definition) is 3. The lowest BCUT2D eigenvalue weighted by molar-refractivity contribution is 0.209. The molecule has 0 aliphatic carbocycles. The number of hydrogen-bond donors (Lipinski definition) is 2. The highest BCUT2D eigenvalue weighted by Crippen LogP contribution is 2.20. The Morgan fingerprint density at radius 2 is 2.27 bits per heavy atom. The van der Waals surface area contributed by atoms with Crippen LogP contribution in [0, 0.1) is 13.8 Å². The summed E-state index contributed by atoms with van der Waals surface area (Å²) < 4.78 is 0. The molecule has 11 heavy (non-hydrogen) atoms. The summed E-state index contributed by atoms with van der Waals surface area (Å²) in [4.78, 5) is 15.2. The molecule has 0 aliphatic heterocycles. The van der Waals surface area contributed by atoms with Gasteiger partial charge < -0.3 is 5.11 Å². The first-order valence-electron chi connectivity index (χ1n) is 3.03. The second-order valence-corrected chi connectivity index (χ2v) is 3.29. The van der Waals surface area contributed by atoms with Crippen LogP contribution in [0.25, 0.3) is 0 Å². The zero-order chi connectivity index (χ0) is 8.43. The van der Waals surface area contributed by atoms with Gasteiger partial charge in [0, 0.05) is 4.88 Å². The van der Waals surface area contributed by atoms with Gasteiger partial charge in [-0.15, -0.1) is 11.3 Å². The van der Waals surface area contributed by atoms with Crippen LogP contribution in [0.3, 0.4) is 0 Å². The largest absolute Gasteiger partial charge is 0.465 e. The predicted molar refractivity (Wildman–Crippen MR) is 43.2 cm³/mol. The lowest BCUT2D eigenvalue weighted by Crippen LogP contribution is -2.06. The molecule has 0 aromatic carbocycles. The highest BCUT2D eigenvalue weighted by molar-refractivity contribution is 7.15. The summed E-state index contributed by atoms with van der Waals surface area (Å²) in [6.07, 6.45) is -1.07. The van der Waals surface area contributed by atoms with Crippen molar-refractivity contribution in [2.24, 2.45) is 0 Å². The maximum atomic E-state index is 10.1. The fourth-order valence-corrected chi connectivity index (χ4v) is 1.42. The summed E-state index contributed by atoms with van der Waals surface area (Å²) in [7, 11) is 0. The van der Waals surface area contributed by atoms with Crippen LogP contribution in [-0.4, -0.2) is 16.2 Å². The second-order valence-electron chi connectivity index (χ2n) is 2.09. The Labute approximate surface area is 67.9 Å². The van der Waals surface area contributed by atoms with E-state index in [1.54, 1.807) is 0 Å². The van der Waals surface area contributed by atoms with E-state index < -0.39 is 6.09 Å². The summed E-state index contributed by atoms with van der Waals surface area (Å²) in [5, 5.41) is 11.0. The normalized spacial score (nSPS) is 9.64. The fourth-order valence-electron chi connectivity index (χ4n) is 0.618. The monoisotopic (exact) mass is 172 g/mol. The molecule has 0 saturated heterocycles. The molecule has 4 nitrogen and oxygen atoms in total. The lowest BCUT2D eigenvalue weighted by atomic mass is 10.4. The van der Waals surface area contributed by atoms with Gasteiger partial charge in [-0.1, -0.05) is 0 Å². The van der Waals surface area contributed by atoms with Crippen LogP contribution < -0.4 is 5.32 Å². The van der Waals surface area contributed by atoms with Crippen LogP contribution in [0.5, 0.6) is 0 Å². The zero-order valence-corrected chi connectivity index (χ0v) is 7.03. The van der Waals surface area contributed by atoms with E-state index in [-0.39, 0.29) is 0 Å². The van der Waals surface area contributed by atoms with E-state index in [1.165, 1.54) is 11.3 Å². The number of aromatic nitrogens is 1. The molecule has 1 aromatic heterocycles. The maximum absolute atomic E-state index is 10.1. The molecule has 60 valence electrons. The van der Waals surface area contributed by atoms with Gasteiger partial charge >= 0.3 is 6.09 Å². The number of thiazole rings is 1. The van der Waals surface area contributed by atoms with E-state index in [9.17, 15) is 4.79 Å². The van der Waals surface area contributed by atoms with Gasteiger partial charge in [0.1, 0.15) is 0 Å². The molecule has 1 aromatic rings. The van der Waals surface area contributed by atoms with Crippen LogP contribution in [0.15, 0.2) is 0 Å². The molecule has 0 saturated carbocycles. The van der Waals surface area contributed by atoms with Gasteiger partial charge in [0.2, 0.25) is 0 Å². The maximum Gasteiger partial charge on any atom is 0.410 e. The predicted octanol–water partition coefficient (Wildman–Crippen LogP) is 1.85. The Morgan fingerprint density at radius 3 is 2.64 bits per heavy atom. The molecule has 2 N–H and O–H groups in total. The molecule has 1 rings (SSSR count). The first kappa shape index (κ1) is 8.00. The quantitative estimate of drug-likeness (QED) is 0.679. The number of aryl methyl sites for hydroxylation is 2. The van der Waals surface area contributed by atoms with Crippen molar-refractivity contribution in [2.45, 2.75) is 13.8 Å². The molecule has 1 heterocycles. The van der Waals surface area contributed by atoms with Crippen LogP contribution >= 0.6 is 11.3 Å². The molecule has 0 aliphatic rings. The Morgan fingerprint density at radius 1 is 1.64 bits per heavy atom. The summed E-state index contributed by atoms with van der Waals surface area (Å²) in [6, 6.07) is 0. The van der Waals surface area contributed by atoms with E-state index in [2.05, 4.69) is 10.3 Å². The van der Waals surface area contributed by atoms with E-state index in [0.717, 1.165) is 10.6 Å². The summed E-state index contributed by atoms with van der Waals surface area (Å²) in [5.74, 6) is 0. The Bertz CT molecular complexity index is 263. The third kappa shape index (κ3) is 1.91. The third-order valence-corrected chi connectivity index (χ3v) is 2.23. The van der Waals surface area contributed by atoms with Crippen molar-refractivity contribution in [1.82, 2.24) is 4.98 Å². The lowest BCUT2D eigenvalue weighted by Gasteiger charge is -1.90. The highest BCUT2D eigenvalue weighted by Gasteiger charge is 2.04. The standard InChI is InChI=1S/C6H8N2O2S/c1-3-4(2)11-5(7-3)8-6(9)10/h1-2H3,(H,7,8)(H,9,10). The minimum absolute atomic E-state index is 0.438. The van der Waals surface area contributed by atoms with E-state index >= 15 is 0 Å². The first-order chi connectivity index (χ1) is 5.09. The summed E-state index contributed by atoms with van der Waals surface area (Å²) in [5.41, 5.74) is 0.874. The van der Waals surface area contributed by atoms with Crippen LogP contribution in [0.2, 0.25) is 0 Å². The number of carboxylic acid groups (broad SMARTS) is 1. The van der Waals surface area contributed by atoms with Gasteiger partial charge in [0.25, 0.3) is 0 Å². The van der Waals surface area contributed by atoms with Gasteiger partial charge in [-0.25, -0.2) is 9.78 Å². The number of nitrogens with one attached hydrogen (secondary N) is 1. The molecule has 0 spiro atoms. The average molecular weight is 172 g/mol. The number of carbonyl (C=O) groups is 1. The minimum atomic E-state index is -1.07. The first-order valence-corrected chi connectivity index (χ1v) is 3.85. The van der Waals surface area contributed by atoms with Crippen molar-refractivity contribution < 1.29 is 9.90 Å². The van der Waals surface area contributed by atoms with E-state index in [1.807, 2.05) is 13.8 Å². The minimum Gasteiger partial charge on any atom is -0.465 e. The molecule has 0 atom stereocenters. The number of rotatable bonds is 1. The Hall–Kier alpha value is -1.10. The smallest absolute Gasteiger partial charge is 0.410 e. The Kier molecular flexibility index (Phi) is 2.09. The second kappa shape index (κ2) is 2.87. The van der Waals surface area contributed by atoms with Crippen molar-refractivity contribution >= 4 is 22.6 Å². The molecule has 0 radical (unpaired) electrons. The van der Waals surface area contributed by atoms with Gasteiger partial charge in [0.05, 0.1) is 5.69 Å². The number of amides is 1. The van der Waals surface area contributed by atoms with Crippen molar-refractivity contribution in [1.29, 1.82) is 0 Å². The SMILES string of the molecule is Cc1nc(NC(=O)O)sc1C. The molecule has 1 amide bonds. The molecule has 0 fully saturated rings. The molecule has 0 unspecified atom stereocenters. The van der Waals surface area contributed by atoms with E-state index in [4.69, 9.17) is 5.11 Å². The van der Waals surface area contributed by atoms with Crippen LogP contribution in [-0.2, 0) is 0 Å². The van der Waals surface area contributed by atoms with Gasteiger partial charge in [0.15, 0.2) is 5.13 Å². The van der Waals surface area contributed by atoms with Gasteiger partial charge in [-0.2, -0.15) is 0 Å². The average Bonchev–Trinajstić information content (AvgIpc) is 2.10. The van der Waals surface area contributed by atoms with Crippen LogP contribution in [0.1, 0.15) is 10.6 Å². The number of anilines is 1. The van der Waals surface area contributed by atoms with Gasteiger partial charge in [-0.05, 0) is 13.8 Å². The van der Waals surface area contributed by atoms with Crippen molar-refractivity contribution in [3.05, 3.63) is 10.6 Å². The van der Waals surface area contributed by atoms with Crippen LogP contribution in [0.4, 0.5) is 9.93 Å². The summed E-state index contributed by atoms with van der Waals surface area (Å²) in [6.45, 7) is 3.75.